The Morgan fingerprint density at radius 2 is 1.52 bits per heavy atom. The first-order chi connectivity index (χ1) is 13.7. The maximum absolute atomic E-state index is 12.6. The van der Waals surface area contributed by atoms with E-state index in [1.54, 1.807) is 18.2 Å². The van der Waals surface area contributed by atoms with Gasteiger partial charge in [0.1, 0.15) is 0 Å². The van der Waals surface area contributed by atoms with Gasteiger partial charge in [0.15, 0.2) is 0 Å². The summed E-state index contributed by atoms with van der Waals surface area (Å²) in [5.74, 6) is -0.453. The number of rotatable bonds is 5. The molecule has 0 aliphatic carbocycles. The predicted octanol–water partition coefficient (Wildman–Crippen LogP) is 6.35. The number of amides is 1. The molecule has 0 fully saturated rings. The minimum Gasteiger partial charge on any atom is -0.322 e. The normalized spacial score (nSPS) is 11.2. The molecule has 3 aromatic rings. The van der Waals surface area contributed by atoms with Gasteiger partial charge in [-0.1, -0.05) is 52.5 Å². The number of carbonyl (C=O) groups excluding carboxylic acids is 1. The third-order valence-corrected chi connectivity index (χ3v) is 6.54. The van der Waals surface area contributed by atoms with Crippen molar-refractivity contribution in [2.45, 2.75) is 4.90 Å². The van der Waals surface area contributed by atoms with Crippen LogP contribution in [-0.2, 0) is 10.0 Å². The Hall–Kier alpha value is -1.96. The van der Waals surface area contributed by atoms with Crippen molar-refractivity contribution in [1.29, 1.82) is 0 Å². The Morgan fingerprint density at radius 3 is 2.17 bits per heavy atom. The molecule has 29 heavy (non-hydrogen) atoms. The molecule has 5 nitrogen and oxygen atoms in total. The van der Waals surface area contributed by atoms with Crippen LogP contribution < -0.4 is 10.0 Å². The fraction of sp³-hybridized carbons (Fsp3) is 0. The molecule has 3 aromatic carbocycles. The number of benzene rings is 3. The van der Waals surface area contributed by atoms with Crippen molar-refractivity contribution < 1.29 is 13.2 Å². The van der Waals surface area contributed by atoms with Crippen molar-refractivity contribution in [3.05, 3.63) is 86.3 Å². The smallest absolute Gasteiger partial charge is 0.261 e. The summed E-state index contributed by atoms with van der Waals surface area (Å²) in [6.07, 6.45) is 0. The molecule has 0 radical (unpaired) electrons. The van der Waals surface area contributed by atoms with Crippen LogP contribution >= 0.6 is 46.4 Å². The summed E-state index contributed by atoms with van der Waals surface area (Å²) < 4.78 is 27.5. The van der Waals surface area contributed by atoms with Gasteiger partial charge in [0.05, 0.1) is 31.2 Å². The van der Waals surface area contributed by atoms with Crippen LogP contribution in [0.3, 0.4) is 0 Å². The number of sulfonamides is 1. The van der Waals surface area contributed by atoms with Crippen LogP contribution in [0.2, 0.25) is 20.1 Å². The maximum atomic E-state index is 12.6. The molecule has 1 amide bonds. The lowest BCUT2D eigenvalue weighted by Gasteiger charge is -2.11. The molecule has 0 aliphatic rings. The van der Waals surface area contributed by atoms with E-state index in [-0.39, 0.29) is 31.2 Å². The van der Waals surface area contributed by atoms with Crippen LogP contribution in [0.15, 0.2) is 65.6 Å². The van der Waals surface area contributed by atoms with Crippen LogP contribution in [0.25, 0.3) is 0 Å². The highest BCUT2D eigenvalue weighted by atomic mass is 35.5. The standard InChI is InChI=1S/C19H12Cl4N2O3S/c20-11-4-9-14(16(22)10-11)19(26)24-12-5-7-13(8-6-12)29(27,28)25-17-3-1-2-15(21)18(17)23/h1-10,25H,(H,24,26). The van der Waals surface area contributed by atoms with Gasteiger partial charge in [-0.05, 0) is 54.6 Å². The summed E-state index contributed by atoms with van der Waals surface area (Å²) in [4.78, 5) is 12.3. The van der Waals surface area contributed by atoms with Crippen LogP contribution in [-0.4, -0.2) is 14.3 Å². The first-order valence-electron chi connectivity index (χ1n) is 8.01. The highest BCUT2D eigenvalue weighted by Gasteiger charge is 2.17. The zero-order valence-electron chi connectivity index (χ0n) is 14.4. The van der Waals surface area contributed by atoms with Crippen LogP contribution in [0.1, 0.15) is 10.4 Å². The molecule has 2 N–H and O–H groups in total. The summed E-state index contributed by atoms with van der Waals surface area (Å²) in [5.41, 5.74) is 0.791. The first kappa shape index (κ1) is 21.7. The van der Waals surface area contributed by atoms with Gasteiger partial charge in [-0.2, -0.15) is 0 Å². The van der Waals surface area contributed by atoms with E-state index in [4.69, 9.17) is 46.4 Å². The van der Waals surface area contributed by atoms with Gasteiger partial charge in [-0.25, -0.2) is 8.42 Å². The van der Waals surface area contributed by atoms with Crippen LogP contribution in [0.4, 0.5) is 11.4 Å². The average Bonchev–Trinajstić information content (AvgIpc) is 2.65. The monoisotopic (exact) mass is 488 g/mol. The fourth-order valence-electron chi connectivity index (χ4n) is 2.38. The van der Waals surface area contributed by atoms with Gasteiger partial charge < -0.3 is 5.32 Å². The van der Waals surface area contributed by atoms with Crippen molar-refractivity contribution >= 4 is 73.7 Å². The second kappa shape index (κ2) is 8.81. The molecular weight excluding hydrogens is 478 g/mol. The van der Waals surface area contributed by atoms with Crippen molar-refractivity contribution in [2.24, 2.45) is 0 Å². The summed E-state index contributed by atoms with van der Waals surface area (Å²) >= 11 is 23.8. The fourth-order valence-corrected chi connectivity index (χ4v) is 4.35. The number of carbonyl (C=O) groups is 1. The molecule has 0 saturated heterocycles. The second-order valence-corrected chi connectivity index (χ2v) is 9.12. The molecule has 0 spiro atoms. The average molecular weight is 490 g/mol. The van der Waals surface area contributed by atoms with Crippen molar-refractivity contribution in [3.8, 4) is 0 Å². The third-order valence-electron chi connectivity index (χ3n) is 3.79. The van der Waals surface area contributed by atoms with Gasteiger partial charge in [0.2, 0.25) is 0 Å². The second-order valence-electron chi connectivity index (χ2n) is 5.81. The molecule has 0 saturated carbocycles. The van der Waals surface area contributed by atoms with E-state index in [2.05, 4.69) is 10.0 Å². The van der Waals surface area contributed by atoms with E-state index >= 15 is 0 Å². The van der Waals surface area contributed by atoms with Gasteiger partial charge in [-0.3, -0.25) is 9.52 Å². The molecule has 0 unspecified atom stereocenters. The summed E-state index contributed by atoms with van der Waals surface area (Å²) in [5, 5.41) is 3.59. The zero-order chi connectivity index (χ0) is 21.2. The molecule has 150 valence electrons. The maximum Gasteiger partial charge on any atom is 0.261 e. The SMILES string of the molecule is O=C(Nc1ccc(S(=O)(=O)Nc2cccc(Cl)c2Cl)cc1)c1ccc(Cl)cc1Cl. The summed E-state index contributed by atoms with van der Waals surface area (Å²) in [6, 6.07) is 14.7. The third kappa shape index (κ3) is 5.15. The molecular formula is C19H12Cl4N2O3S. The Kier molecular flexibility index (Phi) is 6.61. The van der Waals surface area contributed by atoms with Gasteiger partial charge in [-0.15, -0.1) is 0 Å². The number of anilines is 2. The highest BCUT2D eigenvalue weighted by Crippen LogP contribution is 2.31. The molecule has 0 bridgehead atoms. The topological polar surface area (TPSA) is 75.3 Å². The summed E-state index contributed by atoms with van der Waals surface area (Å²) in [7, 11) is -3.90. The van der Waals surface area contributed by atoms with Crippen molar-refractivity contribution in [3.63, 3.8) is 0 Å². The first-order valence-corrected chi connectivity index (χ1v) is 11.0. The van der Waals surface area contributed by atoms with Crippen LogP contribution in [0.5, 0.6) is 0 Å². The number of hydrogen-bond donors (Lipinski definition) is 2. The van der Waals surface area contributed by atoms with Gasteiger partial charge in [0.25, 0.3) is 15.9 Å². The Balaban J connectivity index is 1.77. The molecule has 0 heterocycles. The minimum atomic E-state index is -3.90. The van der Waals surface area contributed by atoms with E-state index < -0.39 is 15.9 Å². The minimum absolute atomic E-state index is 0.0175. The zero-order valence-corrected chi connectivity index (χ0v) is 18.3. The molecule has 3 rings (SSSR count). The van der Waals surface area contributed by atoms with E-state index in [0.29, 0.717) is 10.7 Å². The molecule has 0 atom stereocenters. The lowest BCUT2D eigenvalue weighted by molar-refractivity contribution is 0.102. The Labute approximate surface area is 187 Å². The van der Waals surface area contributed by atoms with Crippen molar-refractivity contribution in [2.75, 3.05) is 10.0 Å². The predicted molar refractivity (Wildman–Crippen MR) is 118 cm³/mol. The van der Waals surface area contributed by atoms with Gasteiger partial charge in [0, 0.05) is 10.7 Å². The van der Waals surface area contributed by atoms with E-state index in [1.807, 2.05) is 0 Å². The Bertz CT molecular complexity index is 1180. The van der Waals surface area contributed by atoms with E-state index in [9.17, 15) is 13.2 Å². The van der Waals surface area contributed by atoms with E-state index in [0.717, 1.165) is 0 Å². The quantitative estimate of drug-likeness (QED) is 0.438. The molecule has 10 heteroatoms. The number of halogens is 4. The Morgan fingerprint density at radius 1 is 0.828 bits per heavy atom. The van der Waals surface area contributed by atoms with Crippen LogP contribution in [0, 0.1) is 0 Å². The van der Waals surface area contributed by atoms with Crippen molar-refractivity contribution in [1.82, 2.24) is 0 Å². The summed E-state index contributed by atoms with van der Waals surface area (Å²) in [6.45, 7) is 0. The highest BCUT2D eigenvalue weighted by molar-refractivity contribution is 7.92. The largest absolute Gasteiger partial charge is 0.322 e. The molecule has 0 aromatic heterocycles. The van der Waals surface area contributed by atoms with Gasteiger partial charge >= 0.3 is 0 Å². The number of nitrogens with one attached hydrogen (secondary N) is 2. The lowest BCUT2D eigenvalue weighted by Crippen LogP contribution is -2.14. The lowest BCUT2D eigenvalue weighted by atomic mass is 10.2. The van der Waals surface area contributed by atoms with E-state index in [1.165, 1.54) is 42.5 Å². The molecule has 0 aliphatic heterocycles. The number of hydrogen-bond acceptors (Lipinski definition) is 3.